The molecule has 0 saturated heterocycles. The molecule has 2 aromatic carbocycles. The summed E-state index contributed by atoms with van der Waals surface area (Å²) in [5.74, 6) is 1.48. The van der Waals surface area contributed by atoms with Crippen molar-refractivity contribution in [3.05, 3.63) is 54.1 Å². The molecule has 25 heavy (non-hydrogen) atoms. The Morgan fingerprint density at radius 1 is 1.04 bits per heavy atom. The lowest BCUT2D eigenvalue weighted by Crippen LogP contribution is -2.15. The Morgan fingerprint density at radius 2 is 1.84 bits per heavy atom. The first-order valence-electron chi connectivity index (χ1n) is 8.35. The Bertz CT molecular complexity index is 685. The summed E-state index contributed by atoms with van der Waals surface area (Å²) in [6.07, 6.45) is 0. The number of rotatable bonds is 9. The maximum atomic E-state index is 12.6. The third-order valence-electron chi connectivity index (χ3n) is 3.35. The van der Waals surface area contributed by atoms with E-state index in [1.54, 1.807) is 25.3 Å². The number of nitrogens with one attached hydrogen (secondary N) is 1. The number of para-hydroxylation sites is 1. The van der Waals surface area contributed by atoms with Crippen LogP contribution in [0.4, 0.5) is 5.69 Å². The zero-order chi connectivity index (χ0) is 18.1. The highest BCUT2D eigenvalue weighted by molar-refractivity contribution is 6.06. The summed E-state index contributed by atoms with van der Waals surface area (Å²) in [7, 11) is 1.61. The highest BCUT2D eigenvalue weighted by Gasteiger charge is 2.12. The molecule has 0 fully saturated rings. The monoisotopic (exact) mass is 343 g/mol. The van der Waals surface area contributed by atoms with E-state index in [-0.39, 0.29) is 5.91 Å². The number of carbonyl (C=O) groups is 1. The molecule has 1 N–H and O–H groups in total. The lowest BCUT2D eigenvalue weighted by molar-refractivity contribution is 0.101. The Labute approximate surface area is 148 Å². The molecule has 1 amide bonds. The third-order valence-corrected chi connectivity index (χ3v) is 3.35. The minimum atomic E-state index is -0.228. The molecule has 0 heterocycles. The van der Waals surface area contributed by atoms with Gasteiger partial charge in [-0.25, -0.2) is 0 Å². The fraction of sp³-hybridized carbons (Fsp3) is 0.350. The Balaban J connectivity index is 2.05. The number of amides is 1. The largest absolute Gasteiger partial charge is 0.493 e. The molecule has 0 aliphatic heterocycles. The van der Waals surface area contributed by atoms with Gasteiger partial charge in [-0.05, 0) is 30.2 Å². The van der Waals surface area contributed by atoms with Crippen molar-refractivity contribution in [2.75, 3.05) is 32.2 Å². The van der Waals surface area contributed by atoms with Crippen LogP contribution in [-0.2, 0) is 4.74 Å². The Morgan fingerprint density at radius 3 is 2.60 bits per heavy atom. The van der Waals surface area contributed by atoms with E-state index in [2.05, 4.69) is 19.2 Å². The average molecular weight is 343 g/mol. The van der Waals surface area contributed by atoms with E-state index in [0.29, 0.717) is 42.7 Å². The summed E-state index contributed by atoms with van der Waals surface area (Å²) < 4.78 is 16.3. The van der Waals surface area contributed by atoms with Gasteiger partial charge in [0, 0.05) is 18.9 Å². The van der Waals surface area contributed by atoms with Gasteiger partial charge in [-0.2, -0.15) is 0 Å². The second-order valence-electron chi connectivity index (χ2n) is 6.02. The van der Waals surface area contributed by atoms with Crippen LogP contribution in [0.2, 0.25) is 0 Å². The van der Waals surface area contributed by atoms with Crippen LogP contribution in [0.1, 0.15) is 24.2 Å². The molecule has 0 spiro atoms. The van der Waals surface area contributed by atoms with Crippen LogP contribution in [0, 0.1) is 5.92 Å². The lowest BCUT2D eigenvalue weighted by atomic mass is 10.2. The van der Waals surface area contributed by atoms with Crippen LogP contribution < -0.4 is 14.8 Å². The van der Waals surface area contributed by atoms with Crippen LogP contribution in [0.5, 0.6) is 11.5 Å². The molecular weight excluding hydrogens is 318 g/mol. The fourth-order valence-electron chi connectivity index (χ4n) is 2.14. The number of hydrogen-bond acceptors (Lipinski definition) is 4. The van der Waals surface area contributed by atoms with Crippen molar-refractivity contribution >= 4 is 11.6 Å². The van der Waals surface area contributed by atoms with E-state index in [1.165, 1.54) is 0 Å². The van der Waals surface area contributed by atoms with Crippen molar-refractivity contribution in [1.29, 1.82) is 0 Å². The summed E-state index contributed by atoms with van der Waals surface area (Å²) in [6, 6.07) is 14.5. The number of ether oxygens (including phenoxy) is 3. The molecule has 0 unspecified atom stereocenters. The van der Waals surface area contributed by atoms with Crippen molar-refractivity contribution in [3.63, 3.8) is 0 Å². The van der Waals surface area contributed by atoms with Crippen molar-refractivity contribution in [3.8, 4) is 11.5 Å². The van der Waals surface area contributed by atoms with Gasteiger partial charge in [0.05, 0.1) is 18.8 Å². The maximum absolute atomic E-state index is 12.6. The predicted octanol–water partition coefficient (Wildman–Crippen LogP) is 4.00. The van der Waals surface area contributed by atoms with Gasteiger partial charge in [0.1, 0.15) is 18.1 Å². The first kappa shape index (κ1) is 18.8. The highest BCUT2D eigenvalue weighted by atomic mass is 16.5. The van der Waals surface area contributed by atoms with Gasteiger partial charge in [-0.1, -0.05) is 32.0 Å². The van der Waals surface area contributed by atoms with Crippen molar-refractivity contribution in [1.82, 2.24) is 0 Å². The van der Waals surface area contributed by atoms with Crippen molar-refractivity contribution < 1.29 is 19.0 Å². The molecule has 134 valence electrons. The van der Waals surface area contributed by atoms with Gasteiger partial charge in [0.15, 0.2) is 0 Å². The zero-order valence-electron chi connectivity index (χ0n) is 15.0. The fourth-order valence-corrected chi connectivity index (χ4v) is 2.14. The molecule has 0 aliphatic rings. The second kappa shape index (κ2) is 9.69. The average Bonchev–Trinajstić information content (AvgIpc) is 2.61. The molecule has 0 radical (unpaired) electrons. The van der Waals surface area contributed by atoms with Gasteiger partial charge in [0.2, 0.25) is 0 Å². The van der Waals surface area contributed by atoms with Crippen LogP contribution in [0.25, 0.3) is 0 Å². The quantitative estimate of drug-likeness (QED) is 0.699. The van der Waals surface area contributed by atoms with Gasteiger partial charge >= 0.3 is 0 Å². The SMILES string of the molecule is COCCOc1ccccc1C(=O)Nc1cccc(OCC(C)C)c1. The number of hydrogen-bond donors (Lipinski definition) is 1. The topological polar surface area (TPSA) is 56.8 Å². The van der Waals surface area contributed by atoms with Gasteiger partial charge < -0.3 is 19.5 Å². The highest BCUT2D eigenvalue weighted by Crippen LogP contribution is 2.22. The first-order valence-corrected chi connectivity index (χ1v) is 8.35. The Kier molecular flexibility index (Phi) is 7.29. The molecular formula is C20H25NO4. The van der Waals surface area contributed by atoms with Crippen molar-refractivity contribution in [2.45, 2.75) is 13.8 Å². The summed E-state index contributed by atoms with van der Waals surface area (Å²) in [6.45, 7) is 5.66. The molecule has 5 heteroatoms. The van der Waals surface area contributed by atoms with Crippen LogP contribution in [0.15, 0.2) is 48.5 Å². The minimum absolute atomic E-state index is 0.228. The number of anilines is 1. The molecule has 0 atom stereocenters. The van der Waals surface area contributed by atoms with Crippen LogP contribution in [-0.4, -0.2) is 32.8 Å². The predicted molar refractivity (Wildman–Crippen MR) is 98.5 cm³/mol. The van der Waals surface area contributed by atoms with Gasteiger partial charge in [0.25, 0.3) is 5.91 Å². The lowest BCUT2D eigenvalue weighted by Gasteiger charge is -2.13. The smallest absolute Gasteiger partial charge is 0.259 e. The van der Waals surface area contributed by atoms with E-state index in [1.807, 2.05) is 30.3 Å². The van der Waals surface area contributed by atoms with Gasteiger partial charge in [-0.15, -0.1) is 0 Å². The normalized spacial score (nSPS) is 10.6. The maximum Gasteiger partial charge on any atom is 0.259 e. The second-order valence-corrected chi connectivity index (χ2v) is 6.02. The van der Waals surface area contributed by atoms with E-state index in [4.69, 9.17) is 14.2 Å². The minimum Gasteiger partial charge on any atom is -0.493 e. The summed E-state index contributed by atoms with van der Waals surface area (Å²) in [5, 5.41) is 2.89. The molecule has 0 aliphatic carbocycles. The molecule has 0 bridgehead atoms. The van der Waals surface area contributed by atoms with E-state index in [9.17, 15) is 4.79 Å². The van der Waals surface area contributed by atoms with Crippen LogP contribution >= 0.6 is 0 Å². The zero-order valence-corrected chi connectivity index (χ0v) is 15.0. The molecule has 5 nitrogen and oxygen atoms in total. The Hall–Kier alpha value is -2.53. The molecule has 2 rings (SSSR count). The number of benzene rings is 2. The third kappa shape index (κ3) is 6.12. The molecule has 2 aromatic rings. The standard InChI is InChI=1S/C20H25NO4/c1-15(2)14-25-17-8-6-7-16(13-17)21-20(22)18-9-4-5-10-19(18)24-12-11-23-3/h4-10,13,15H,11-12,14H2,1-3H3,(H,21,22). The van der Waals surface area contributed by atoms with E-state index >= 15 is 0 Å². The van der Waals surface area contributed by atoms with Crippen LogP contribution in [0.3, 0.4) is 0 Å². The summed E-state index contributed by atoms with van der Waals surface area (Å²) in [5.41, 5.74) is 1.16. The van der Waals surface area contributed by atoms with E-state index < -0.39 is 0 Å². The number of methoxy groups -OCH3 is 1. The van der Waals surface area contributed by atoms with Crippen molar-refractivity contribution in [2.24, 2.45) is 5.92 Å². The van der Waals surface area contributed by atoms with E-state index in [0.717, 1.165) is 5.75 Å². The number of carbonyl (C=O) groups excluding carboxylic acids is 1. The van der Waals surface area contributed by atoms with Gasteiger partial charge in [-0.3, -0.25) is 4.79 Å². The summed E-state index contributed by atoms with van der Waals surface area (Å²) in [4.78, 5) is 12.6. The first-order chi connectivity index (χ1) is 12.1. The molecule has 0 aromatic heterocycles. The summed E-state index contributed by atoms with van der Waals surface area (Å²) >= 11 is 0. The molecule has 0 saturated carbocycles.